The van der Waals surface area contributed by atoms with Crippen molar-refractivity contribution in [1.29, 1.82) is 0 Å². The molecular weight excluding hydrogens is 672 g/mol. The SMILES string of the molecule is COCC(=O)N(C)CCCC(=O)Nc1ccc(NCCCCCC(=O)N(C)CCN2CCC(OC(=O)Nc3ccccc3-c3ccccc3)CC2)cc1. The Labute approximate surface area is 314 Å². The number of amides is 4. The number of hydrogen-bond acceptors (Lipinski definition) is 8. The third-order valence-electron chi connectivity index (χ3n) is 9.39. The maximum Gasteiger partial charge on any atom is 0.411 e. The predicted molar refractivity (Wildman–Crippen MR) is 210 cm³/mol. The predicted octanol–water partition coefficient (Wildman–Crippen LogP) is 6.32. The first-order valence-electron chi connectivity index (χ1n) is 18.7. The summed E-state index contributed by atoms with van der Waals surface area (Å²) in [5, 5.41) is 9.23. The Morgan fingerprint density at radius 1 is 0.736 bits per heavy atom. The van der Waals surface area contributed by atoms with E-state index in [0.29, 0.717) is 32.4 Å². The second-order valence-electron chi connectivity index (χ2n) is 13.5. The normalized spacial score (nSPS) is 13.2. The van der Waals surface area contributed by atoms with Crippen LogP contribution in [0.15, 0.2) is 78.9 Å². The van der Waals surface area contributed by atoms with Gasteiger partial charge in [-0.2, -0.15) is 0 Å². The summed E-state index contributed by atoms with van der Waals surface area (Å²) in [6.45, 7) is 4.45. The van der Waals surface area contributed by atoms with Crippen LogP contribution in [0, 0.1) is 0 Å². The van der Waals surface area contributed by atoms with Gasteiger partial charge in [0, 0.05) is 90.3 Å². The van der Waals surface area contributed by atoms with Crippen molar-refractivity contribution in [2.24, 2.45) is 0 Å². The molecule has 1 aliphatic heterocycles. The van der Waals surface area contributed by atoms with Crippen LogP contribution < -0.4 is 16.0 Å². The molecule has 0 saturated carbocycles. The number of carbonyl (C=O) groups is 4. The Kier molecular flexibility index (Phi) is 17.1. The lowest BCUT2D eigenvalue weighted by Crippen LogP contribution is -2.42. The molecule has 1 fully saturated rings. The van der Waals surface area contributed by atoms with Gasteiger partial charge in [0.25, 0.3) is 0 Å². The average Bonchev–Trinajstić information content (AvgIpc) is 3.17. The van der Waals surface area contributed by atoms with Crippen LogP contribution in [0.3, 0.4) is 0 Å². The molecule has 0 unspecified atom stereocenters. The van der Waals surface area contributed by atoms with E-state index in [9.17, 15) is 19.2 Å². The van der Waals surface area contributed by atoms with Gasteiger partial charge in [-0.25, -0.2) is 4.79 Å². The maximum atomic E-state index is 12.7. The zero-order valence-electron chi connectivity index (χ0n) is 31.5. The third-order valence-corrected chi connectivity index (χ3v) is 9.39. The number of anilines is 3. The van der Waals surface area contributed by atoms with Crippen LogP contribution in [-0.4, -0.2) is 112 Å². The molecule has 0 aliphatic carbocycles. The summed E-state index contributed by atoms with van der Waals surface area (Å²) >= 11 is 0. The second kappa shape index (κ2) is 22.2. The molecular formula is C41H56N6O6. The number of hydrogen-bond donors (Lipinski definition) is 3. The number of nitrogens with one attached hydrogen (secondary N) is 3. The molecule has 1 saturated heterocycles. The van der Waals surface area contributed by atoms with E-state index in [1.54, 1.807) is 11.9 Å². The van der Waals surface area contributed by atoms with Crippen LogP contribution in [0.1, 0.15) is 51.4 Å². The van der Waals surface area contributed by atoms with E-state index in [2.05, 4.69) is 20.9 Å². The lowest BCUT2D eigenvalue weighted by Gasteiger charge is -2.32. The number of benzene rings is 3. The van der Waals surface area contributed by atoms with Gasteiger partial charge in [0.15, 0.2) is 0 Å². The van der Waals surface area contributed by atoms with Gasteiger partial charge in [0.2, 0.25) is 17.7 Å². The van der Waals surface area contributed by atoms with Crippen molar-refractivity contribution in [3.05, 3.63) is 78.9 Å². The minimum atomic E-state index is -0.434. The Bertz CT molecular complexity index is 1580. The Morgan fingerprint density at radius 3 is 2.15 bits per heavy atom. The van der Waals surface area contributed by atoms with E-state index < -0.39 is 6.09 Å². The third kappa shape index (κ3) is 14.5. The number of para-hydroxylation sites is 1. The molecule has 3 aromatic rings. The number of likely N-dealkylation sites (tertiary alicyclic amines) is 1. The van der Waals surface area contributed by atoms with Crippen LogP contribution >= 0.6 is 0 Å². The van der Waals surface area contributed by atoms with Gasteiger partial charge in [-0.15, -0.1) is 0 Å². The van der Waals surface area contributed by atoms with Crippen molar-refractivity contribution in [1.82, 2.24) is 14.7 Å². The fourth-order valence-corrected chi connectivity index (χ4v) is 6.15. The summed E-state index contributed by atoms with van der Waals surface area (Å²) in [7, 11) is 5.05. The summed E-state index contributed by atoms with van der Waals surface area (Å²) < 4.78 is 10.6. The van der Waals surface area contributed by atoms with Crippen molar-refractivity contribution in [2.75, 3.05) is 83.0 Å². The van der Waals surface area contributed by atoms with Gasteiger partial charge in [-0.1, -0.05) is 55.0 Å². The highest BCUT2D eigenvalue weighted by Crippen LogP contribution is 2.28. The van der Waals surface area contributed by atoms with E-state index >= 15 is 0 Å². The molecule has 4 amide bonds. The summed E-state index contributed by atoms with van der Waals surface area (Å²) in [4.78, 5) is 55.2. The fraction of sp³-hybridized carbons (Fsp3) is 0.463. The first-order chi connectivity index (χ1) is 25.7. The molecule has 53 heavy (non-hydrogen) atoms. The number of ether oxygens (including phenoxy) is 2. The average molecular weight is 729 g/mol. The Balaban J connectivity index is 1.02. The summed E-state index contributed by atoms with van der Waals surface area (Å²) in [5.74, 6) is -0.0342. The van der Waals surface area contributed by atoms with E-state index in [-0.39, 0.29) is 30.4 Å². The lowest BCUT2D eigenvalue weighted by atomic mass is 10.0. The lowest BCUT2D eigenvalue weighted by molar-refractivity contribution is -0.134. The van der Waals surface area contributed by atoms with Gasteiger partial charge in [0.05, 0.1) is 5.69 Å². The van der Waals surface area contributed by atoms with Crippen molar-refractivity contribution < 1.29 is 28.7 Å². The largest absolute Gasteiger partial charge is 0.446 e. The number of nitrogens with zero attached hydrogens (tertiary/aromatic N) is 3. The molecule has 12 nitrogen and oxygen atoms in total. The van der Waals surface area contributed by atoms with E-state index in [4.69, 9.17) is 9.47 Å². The van der Waals surface area contributed by atoms with Crippen molar-refractivity contribution in [3.8, 4) is 11.1 Å². The Morgan fingerprint density at radius 2 is 1.42 bits per heavy atom. The van der Waals surface area contributed by atoms with Crippen LogP contribution in [0.25, 0.3) is 11.1 Å². The number of likely N-dealkylation sites (N-methyl/N-ethyl adjacent to an activating group) is 2. The monoisotopic (exact) mass is 728 g/mol. The van der Waals surface area contributed by atoms with Crippen molar-refractivity contribution in [2.45, 2.75) is 57.5 Å². The van der Waals surface area contributed by atoms with Gasteiger partial charge < -0.3 is 34.8 Å². The minimum absolute atomic E-state index is 0.0399. The van der Waals surface area contributed by atoms with Gasteiger partial charge >= 0.3 is 6.09 Å². The molecule has 0 atom stereocenters. The smallest absolute Gasteiger partial charge is 0.411 e. The first kappa shape index (κ1) is 40.8. The summed E-state index contributed by atoms with van der Waals surface area (Å²) in [6, 6.07) is 25.3. The molecule has 12 heteroatoms. The topological polar surface area (TPSA) is 133 Å². The van der Waals surface area contributed by atoms with Crippen molar-refractivity contribution in [3.63, 3.8) is 0 Å². The van der Waals surface area contributed by atoms with E-state index in [1.165, 1.54) is 7.11 Å². The quantitative estimate of drug-likeness (QED) is 0.115. The fourth-order valence-electron chi connectivity index (χ4n) is 6.15. The molecule has 0 radical (unpaired) electrons. The van der Waals surface area contributed by atoms with E-state index in [0.717, 1.165) is 86.5 Å². The highest BCUT2D eigenvalue weighted by molar-refractivity contribution is 5.92. The van der Waals surface area contributed by atoms with Crippen molar-refractivity contribution >= 4 is 40.9 Å². The minimum Gasteiger partial charge on any atom is -0.446 e. The molecule has 1 heterocycles. The highest BCUT2D eigenvalue weighted by Gasteiger charge is 2.23. The number of rotatable bonds is 20. The molecule has 1 aliphatic rings. The standard InChI is InChI=1S/C41H56N6O6/c1-45(40(50)31-52-3)26-12-17-38(48)43-34-21-19-33(20-22-34)42-25-11-5-8-18-39(49)46(2)29-30-47-27-23-35(24-28-47)53-41(51)44-37-16-10-9-15-36(37)32-13-6-4-7-14-32/h4,6-7,9-10,13-16,19-22,35,42H,5,8,11-12,17-18,23-31H2,1-3H3,(H,43,48)(H,44,51). The zero-order valence-corrected chi connectivity index (χ0v) is 31.5. The van der Waals surface area contributed by atoms with Gasteiger partial charge in [0.1, 0.15) is 12.7 Å². The van der Waals surface area contributed by atoms with Crippen LogP contribution in [0.5, 0.6) is 0 Å². The van der Waals surface area contributed by atoms with E-state index in [1.807, 2.05) is 90.8 Å². The maximum absolute atomic E-state index is 12.7. The van der Waals surface area contributed by atoms with Gasteiger partial charge in [-0.3, -0.25) is 19.7 Å². The molecule has 3 aromatic carbocycles. The molecule has 0 bridgehead atoms. The Hall–Kier alpha value is -4.94. The van der Waals surface area contributed by atoms with Crippen LogP contribution in [-0.2, 0) is 23.9 Å². The number of piperidine rings is 1. The van der Waals surface area contributed by atoms with Crippen LogP contribution in [0.4, 0.5) is 21.9 Å². The summed E-state index contributed by atoms with van der Waals surface area (Å²) in [6.07, 6.45) is 5.13. The molecule has 0 aromatic heterocycles. The molecule has 4 rings (SSSR count). The second-order valence-corrected chi connectivity index (χ2v) is 13.5. The van der Waals surface area contributed by atoms with Gasteiger partial charge in [-0.05, 0) is 68.0 Å². The summed E-state index contributed by atoms with van der Waals surface area (Å²) in [5.41, 5.74) is 4.41. The number of methoxy groups -OCH3 is 1. The molecule has 3 N–H and O–H groups in total. The highest BCUT2D eigenvalue weighted by atomic mass is 16.6. The zero-order chi connectivity index (χ0) is 37.8. The molecule has 0 spiro atoms. The number of carbonyl (C=O) groups excluding carboxylic acids is 4. The first-order valence-corrected chi connectivity index (χ1v) is 18.7. The number of unbranched alkanes of at least 4 members (excludes halogenated alkanes) is 2. The van der Waals surface area contributed by atoms with Crippen LogP contribution in [0.2, 0.25) is 0 Å². The molecule has 286 valence electrons.